The third kappa shape index (κ3) is 2.48. The van der Waals surface area contributed by atoms with Crippen molar-refractivity contribution in [3.63, 3.8) is 0 Å². The Kier molecular flexibility index (Phi) is 4.05. The highest BCUT2D eigenvalue weighted by Gasteiger charge is 2.74. The number of ketones is 1. The molecular weight excluding hydrogens is 408 g/mol. The molecule has 1 N–H and O–H groups in total. The maximum atomic E-state index is 13.9. The molecule has 7 heteroatoms. The number of Topliss-reactive ketones (excluding diaryl/α,β-unsaturated/α-hetero) is 1. The van der Waals surface area contributed by atoms with Crippen molar-refractivity contribution < 1.29 is 23.5 Å². The number of benzene rings is 1. The van der Waals surface area contributed by atoms with Crippen LogP contribution in [0.3, 0.4) is 0 Å². The van der Waals surface area contributed by atoms with E-state index in [1.165, 1.54) is 0 Å². The summed E-state index contributed by atoms with van der Waals surface area (Å²) in [7, 11) is 0. The zero-order chi connectivity index (χ0) is 22.2. The molecule has 0 radical (unpaired) electrons. The Morgan fingerprint density at radius 1 is 1.19 bits per heavy atom. The van der Waals surface area contributed by atoms with Crippen molar-refractivity contribution in [1.29, 1.82) is 0 Å². The highest BCUT2D eigenvalue weighted by atomic mass is 16.5. The van der Waals surface area contributed by atoms with Crippen LogP contribution in [0.4, 0.5) is 5.69 Å². The first-order valence-electron chi connectivity index (χ1n) is 11.0. The molecular formula is C25H24N2O5. The highest BCUT2D eigenvalue weighted by Crippen LogP contribution is 2.59. The van der Waals surface area contributed by atoms with Crippen molar-refractivity contribution in [3.8, 4) is 0 Å². The Labute approximate surface area is 185 Å². The molecule has 4 aliphatic heterocycles. The first-order valence-corrected chi connectivity index (χ1v) is 11.0. The summed E-state index contributed by atoms with van der Waals surface area (Å²) >= 11 is 0. The summed E-state index contributed by atoms with van der Waals surface area (Å²) in [6, 6.07) is 10.2. The van der Waals surface area contributed by atoms with Crippen molar-refractivity contribution in [2.24, 2.45) is 17.8 Å². The van der Waals surface area contributed by atoms with E-state index < -0.39 is 41.5 Å². The molecule has 164 valence electrons. The van der Waals surface area contributed by atoms with Crippen LogP contribution < -0.4 is 5.32 Å². The summed E-state index contributed by atoms with van der Waals surface area (Å²) in [5.41, 5.74) is 0.803. The van der Waals surface area contributed by atoms with E-state index in [4.69, 9.17) is 9.15 Å². The number of amides is 2. The maximum absolute atomic E-state index is 13.9. The molecule has 7 nitrogen and oxygen atoms in total. The molecule has 5 heterocycles. The normalized spacial score (nSPS) is 37.0. The zero-order valence-electron chi connectivity index (χ0n) is 17.9. The van der Waals surface area contributed by atoms with Crippen molar-refractivity contribution >= 4 is 23.3 Å². The number of hydrogen-bond donors (Lipinski definition) is 1. The van der Waals surface area contributed by atoms with Crippen LogP contribution in [0, 0.1) is 24.7 Å². The van der Waals surface area contributed by atoms with Crippen molar-refractivity contribution in [1.82, 2.24) is 4.90 Å². The molecule has 1 spiro atoms. The topological polar surface area (TPSA) is 88.9 Å². The second-order valence-electron chi connectivity index (χ2n) is 9.33. The van der Waals surface area contributed by atoms with E-state index >= 15 is 0 Å². The third-order valence-corrected chi connectivity index (χ3v) is 7.57. The summed E-state index contributed by atoms with van der Waals surface area (Å²) < 4.78 is 12.0. The molecule has 1 aromatic heterocycles. The van der Waals surface area contributed by atoms with E-state index in [0.29, 0.717) is 11.4 Å². The molecule has 0 unspecified atom stereocenters. The number of ether oxygens (including phenoxy) is 1. The number of carbonyl (C=O) groups is 3. The quantitative estimate of drug-likeness (QED) is 0.754. The zero-order valence-corrected chi connectivity index (χ0v) is 17.9. The largest absolute Gasteiger partial charge is 0.467 e. The summed E-state index contributed by atoms with van der Waals surface area (Å²) in [6.07, 6.45) is 5.05. The molecule has 4 aliphatic rings. The van der Waals surface area contributed by atoms with Crippen molar-refractivity contribution in [2.45, 2.75) is 44.1 Å². The SMILES string of the molecule is Cc1ccc(NC(=O)[C@H]2[C@H]3C(=O)N4[C@@H](c5ccco5)CC(=O)[C@@H](C)[C@H]4[C@]34C=C[C@H]2O4)cc1. The Morgan fingerprint density at radius 2 is 1.97 bits per heavy atom. The van der Waals surface area contributed by atoms with Gasteiger partial charge in [-0.05, 0) is 31.2 Å². The Morgan fingerprint density at radius 3 is 2.69 bits per heavy atom. The van der Waals surface area contributed by atoms with Gasteiger partial charge in [-0.15, -0.1) is 0 Å². The van der Waals surface area contributed by atoms with Crippen LogP contribution >= 0.6 is 0 Å². The first-order chi connectivity index (χ1) is 15.4. The van der Waals surface area contributed by atoms with E-state index in [2.05, 4.69) is 5.32 Å². The van der Waals surface area contributed by atoms with Crippen LogP contribution in [0.2, 0.25) is 0 Å². The number of hydrogen-bond acceptors (Lipinski definition) is 5. The Bertz CT molecular complexity index is 1140. The smallest absolute Gasteiger partial charge is 0.231 e. The number of anilines is 1. The molecule has 2 amide bonds. The lowest BCUT2D eigenvalue weighted by atomic mass is 9.70. The number of fused-ring (bicyclic) bond motifs is 2. The Hall–Kier alpha value is -3.19. The van der Waals surface area contributed by atoms with E-state index in [0.717, 1.165) is 5.56 Å². The number of carbonyl (C=O) groups excluding carboxylic acids is 3. The van der Waals surface area contributed by atoms with Gasteiger partial charge in [0, 0.05) is 18.0 Å². The number of aryl methyl sites for hydroxylation is 1. The van der Waals surface area contributed by atoms with E-state index in [9.17, 15) is 14.4 Å². The average Bonchev–Trinajstić information content (AvgIpc) is 3.54. The Balaban J connectivity index is 1.38. The van der Waals surface area contributed by atoms with Crippen molar-refractivity contribution in [3.05, 3.63) is 66.1 Å². The molecule has 7 atom stereocenters. The van der Waals surface area contributed by atoms with Crippen LogP contribution in [-0.4, -0.2) is 40.2 Å². The average molecular weight is 432 g/mol. The predicted octanol–water partition coefficient (Wildman–Crippen LogP) is 3.03. The maximum Gasteiger partial charge on any atom is 0.231 e. The van der Waals surface area contributed by atoms with Crippen LogP contribution in [0.1, 0.15) is 30.7 Å². The minimum Gasteiger partial charge on any atom is -0.467 e. The molecule has 2 aromatic rings. The second-order valence-corrected chi connectivity index (χ2v) is 9.33. The lowest BCUT2D eigenvalue weighted by Gasteiger charge is -2.43. The van der Waals surface area contributed by atoms with Gasteiger partial charge in [0.25, 0.3) is 0 Å². The highest BCUT2D eigenvalue weighted by molar-refractivity contribution is 6.00. The van der Waals surface area contributed by atoms with Gasteiger partial charge in [-0.2, -0.15) is 0 Å². The fourth-order valence-electron chi connectivity index (χ4n) is 6.13. The van der Waals surface area contributed by atoms with Gasteiger partial charge in [0.2, 0.25) is 11.8 Å². The van der Waals surface area contributed by atoms with Gasteiger partial charge in [-0.25, -0.2) is 0 Å². The van der Waals surface area contributed by atoms with Crippen LogP contribution in [0.15, 0.2) is 59.2 Å². The molecule has 0 aliphatic carbocycles. The summed E-state index contributed by atoms with van der Waals surface area (Å²) in [6.45, 7) is 3.84. The van der Waals surface area contributed by atoms with Gasteiger partial charge in [0.05, 0.1) is 36.3 Å². The number of rotatable bonds is 3. The standard InChI is InChI=1S/C25H24N2O5/c1-13-5-7-15(8-6-13)26-23(29)20-19-9-10-25(32-19)21(20)24(30)27-16(18-4-3-11-31-18)12-17(28)14(2)22(25)27/h3-11,14,16,19-22H,12H2,1-2H3,(H,26,29)/t14-,16-,19-,20-,21+,22+,25+/m1/s1. The molecule has 32 heavy (non-hydrogen) atoms. The number of furan rings is 1. The first kappa shape index (κ1) is 19.5. The van der Waals surface area contributed by atoms with Gasteiger partial charge >= 0.3 is 0 Å². The molecule has 0 saturated carbocycles. The molecule has 3 fully saturated rings. The summed E-state index contributed by atoms with van der Waals surface area (Å²) in [5, 5.41) is 2.96. The number of nitrogens with one attached hydrogen (secondary N) is 1. The van der Waals surface area contributed by atoms with Gasteiger partial charge in [0.1, 0.15) is 17.1 Å². The lowest BCUT2D eigenvalue weighted by Crippen LogP contribution is -2.55. The second kappa shape index (κ2) is 6.65. The van der Waals surface area contributed by atoms with E-state index in [1.807, 2.05) is 50.3 Å². The van der Waals surface area contributed by atoms with E-state index in [1.54, 1.807) is 23.3 Å². The number of nitrogens with zero attached hydrogens (tertiary/aromatic N) is 1. The minimum absolute atomic E-state index is 0.0727. The van der Waals surface area contributed by atoms with Gasteiger partial charge in [-0.3, -0.25) is 14.4 Å². The van der Waals surface area contributed by atoms with Crippen molar-refractivity contribution in [2.75, 3.05) is 5.32 Å². The minimum atomic E-state index is -0.975. The van der Waals surface area contributed by atoms with Crippen LogP contribution in [0.5, 0.6) is 0 Å². The third-order valence-electron chi connectivity index (χ3n) is 7.57. The summed E-state index contributed by atoms with van der Waals surface area (Å²) in [4.78, 5) is 41.9. The van der Waals surface area contributed by atoms with Gasteiger partial charge < -0.3 is 19.4 Å². The lowest BCUT2D eigenvalue weighted by molar-refractivity contribution is -0.147. The van der Waals surface area contributed by atoms with Gasteiger partial charge in [0.15, 0.2) is 0 Å². The van der Waals surface area contributed by atoms with Gasteiger partial charge in [-0.1, -0.05) is 36.8 Å². The molecule has 6 rings (SSSR count). The molecule has 1 aromatic carbocycles. The van der Waals surface area contributed by atoms with Crippen LogP contribution in [-0.2, 0) is 19.1 Å². The predicted molar refractivity (Wildman–Crippen MR) is 114 cm³/mol. The fraction of sp³-hybridized carbons (Fsp3) is 0.400. The molecule has 3 saturated heterocycles. The van der Waals surface area contributed by atoms with E-state index in [-0.39, 0.29) is 24.0 Å². The fourth-order valence-corrected chi connectivity index (χ4v) is 6.13. The summed E-state index contributed by atoms with van der Waals surface area (Å²) in [5.74, 6) is -1.44. The monoisotopic (exact) mass is 432 g/mol. The molecule has 2 bridgehead atoms. The van der Waals surface area contributed by atoms with Crippen LogP contribution in [0.25, 0.3) is 0 Å². The number of piperidine rings is 1.